The molecule has 0 bridgehead atoms. The van der Waals surface area contributed by atoms with E-state index in [0.29, 0.717) is 5.41 Å². The maximum Gasteiger partial charge on any atom is 0.000781 e. The first-order valence-corrected chi connectivity index (χ1v) is 7.13. The molecule has 0 aliphatic heterocycles. The van der Waals surface area contributed by atoms with Gasteiger partial charge in [-0.25, -0.2) is 0 Å². The van der Waals surface area contributed by atoms with Crippen molar-refractivity contribution in [1.82, 2.24) is 5.32 Å². The fourth-order valence-electron chi connectivity index (χ4n) is 2.00. The molecular formula is C13H27NS. The average Bonchev–Trinajstić information content (AvgIpc) is 2.96. The smallest absolute Gasteiger partial charge is 0.000781 e. The molecule has 1 rings (SSSR count). The topological polar surface area (TPSA) is 12.0 Å². The second-order valence-corrected chi connectivity index (χ2v) is 5.99. The Labute approximate surface area is 101 Å². The summed E-state index contributed by atoms with van der Waals surface area (Å²) in [6, 6.07) is 0. The number of hydrogen-bond donors (Lipinski definition) is 2. The summed E-state index contributed by atoms with van der Waals surface area (Å²) >= 11 is 4.22. The minimum atomic E-state index is 0.700. The highest BCUT2D eigenvalue weighted by atomic mass is 32.1. The van der Waals surface area contributed by atoms with Gasteiger partial charge in [0, 0.05) is 6.54 Å². The molecule has 0 atom stereocenters. The Kier molecular flexibility index (Phi) is 6.06. The van der Waals surface area contributed by atoms with Gasteiger partial charge in [-0.3, -0.25) is 0 Å². The Bertz CT molecular complexity index is 164. The number of thiol groups is 1. The van der Waals surface area contributed by atoms with Gasteiger partial charge in [0.25, 0.3) is 0 Å². The highest BCUT2D eigenvalue weighted by Crippen LogP contribution is 2.49. The molecular weight excluding hydrogens is 202 g/mol. The lowest BCUT2D eigenvalue weighted by atomic mass is 9.95. The molecule has 2 heteroatoms. The molecule has 15 heavy (non-hydrogen) atoms. The van der Waals surface area contributed by atoms with E-state index < -0.39 is 0 Å². The SMILES string of the molecule is CC(C)CCC1(CNCCCCS)CC1. The molecule has 1 N–H and O–H groups in total. The Morgan fingerprint density at radius 1 is 1.27 bits per heavy atom. The highest BCUT2D eigenvalue weighted by Gasteiger charge is 2.41. The van der Waals surface area contributed by atoms with Crippen molar-refractivity contribution >= 4 is 12.6 Å². The zero-order valence-electron chi connectivity index (χ0n) is 10.4. The van der Waals surface area contributed by atoms with Crippen LogP contribution in [0.3, 0.4) is 0 Å². The number of hydrogen-bond acceptors (Lipinski definition) is 2. The Morgan fingerprint density at radius 2 is 2.00 bits per heavy atom. The van der Waals surface area contributed by atoms with E-state index in [9.17, 15) is 0 Å². The van der Waals surface area contributed by atoms with Crippen molar-refractivity contribution < 1.29 is 0 Å². The summed E-state index contributed by atoms with van der Waals surface area (Å²) < 4.78 is 0. The van der Waals surface area contributed by atoms with Gasteiger partial charge < -0.3 is 5.32 Å². The minimum Gasteiger partial charge on any atom is -0.316 e. The monoisotopic (exact) mass is 229 g/mol. The quantitative estimate of drug-likeness (QED) is 0.455. The van der Waals surface area contributed by atoms with Gasteiger partial charge in [0.15, 0.2) is 0 Å². The second-order valence-electron chi connectivity index (χ2n) is 5.54. The summed E-state index contributed by atoms with van der Waals surface area (Å²) in [5.41, 5.74) is 0.700. The third kappa shape index (κ3) is 5.82. The van der Waals surface area contributed by atoms with Crippen molar-refractivity contribution in [2.75, 3.05) is 18.8 Å². The third-order valence-corrected chi connectivity index (χ3v) is 3.79. The summed E-state index contributed by atoms with van der Waals surface area (Å²) in [4.78, 5) is 0. The number of unbranched alkanes of at least 4 members (excludes halogenated alkanes) is 1. The lowest BCUT2D eigenvalue weighted by molar-refractivity contribution is 0.381. The zero-order valence-corrected chi connectivity index (χ0v) is 11.3. The number of nitrogens with one attached hydrogen (secondary N) is 1. The predicted octanol–water partition coefficient (Wildman–Crippen LogP) is 3.50. The third-order valence-electron chi connectivity index (χ3n) is 3.47. The largest absolute Gasteiger partial charge is 0.316 e. The molecule has 0 aromatic rings. The van der Waals surface area contributed by atoms with E-state index in [1.807, 2.05) is 0 Å². The molecule has 0 amide bonds. The second kappa shape index (κ2) is 6.80. The van der Waals surface area contributed by atoms with Gasteiger partial charge in [-0.2, -0.15) is 12.6 Å². The fraction of sp³-hybridized carbons (Fsp3) is 1.00. The molecule has 0 heterocycles. The molecule has 0 radical (unpaired) electrons. The van der Waals surface area contributed by atoms with Crippen LogP contribution < -0.4 is 5.32 Å². The first-order chi connectivity index (χ1) is 7.18. The van der Waals surface area contributed by atoms with Crippen molar-refractivity contribution in [2.24, 2.45) is 11.3 Å². The van der Waals surface area contributed by atoms with E-state index in [1.54, 1.807) is 0 Å². The van der Waals surface area contributed by atoms with Crippen molar-refractivity contribution in [1.29, 1.82) is 0 Å². The predicted molar refractivity (Wildman–Crippen MR) is 71.7 cm³/mol. The summed E-state index contributed by atoms with van der Waals surface area (Å²) in [5.74, 6) is 1.90. The summed E-state index contributed by atoms with van der Waals surface area (Å²) in [6.07, 6.45) is 8.28. The van der Waals surface area contributed by atoms with Crippen molar-refractivity contribution in [2.45, 2.75) is 52.4 Å². The average molecular weight is 229 g/mol. The van der Waals surface area contributed by atoms with Crippen LogP contribution in [0.1, 0.15) is 52.4 Å². The van der Waals surface area contributed by atoms with E-state index in [0.717, 1.165) is 11.7 Å². The van der Waals surface area contributed by atoms with Gasteiger partial charge in [-0.05, 0) is 55.7 Å². The van der Waals surface area contributed by atoms with Gasteiger partial charge in [0.2, 0.25) is 0 Å². The lowest BCUT2D eigenvalue weighted by Crippen LogP contribution is -2.25. The van der Waals surface area contributed by atoms with Gasteiger partial charge in [-0.15, -0.1) is 0 Å². The first kappa shape index (κ1) is 13.4. The van der Waals surface area contributed by atoms with Crippen LogP contribution in [0.15, 0.2) is 0 Å². The van der Waals surface area contributed by atoms with Crippen LogP contribution in [0.4, 0.5) is 0 Å². The maximum atomic E-state index is 4.22. The zero-order chi connectivity index (χ0) is 11.1. The highest BCUT2D eigenvalue weighted by molar-refractivity contribution is 7.80. The van der Waals surface area contributed by atoms with Crippen LogP contribution in [0.5, 0.6) is 0 Å². The van der Waals surface area contributed by atoms with Crippen LogP contribution in [0.2, 0.25) is 0 Å². The molecule has 0 saturated heterocycles. The Morgan fingerprint density at radius 3 is 2.53 bits per heavy atom. The lowest BCUT2D eigenvalue weighted by Gasteiger charge is -2.17. The van der Waals surface area contributed by atoms with E-state index in [-0.39, 0.29) is 0 Å². The van der Waals surface area contributed by atoms with Crippen LogP contribution in [0, 0.1) is 11.3 Å². The number of rotatable bonds is 9. The minimum absolute atomic E-state index is 0.700. The fourth-order valence-corrected chi connectivity index (χ4v) is 2.23. The standard InChI is InChI=1S/C13H27NS/c1-12(2)5-6-13(7-8-13)11-14-9-3-4-10-15/h12,14-15H,3-11H2,1-2H3. The van der Waals surface area contributed by atoms with E-state index in [4.69, 9.17) is 0 Å². The molecule has 1 nitrogen and oxygen atoms in total. The van der Waals surface area contributed by atoms with Crippen LogP contribution >= 0.6 is 12.6 Å². The molecule has 0 spiro atoms. The summed E-state index contributed by atoms with van der Waals surface area (Å²) in [5, 5.41) is 3.61. The van der Waals surface area contributed by atoms with E-state index in [1.165, 1.54) is 51.6 Å². The first-order valence-electron chi connectivity index (χ1n) is 6.50. The molecule has 1 saturated carbocycles. The maximum absolute atomic E-state index is 4.22. The van der Waals surface area contributed by atoms with Crippen molar-refractivity contribution in [3.05, 3.63) is 0 Å². The summed E-state index contributed by atoms with van der Waals surface area (Å²) in [7, 11) is 0. The van der Waals surface area contributed by atoms with Crippen molar-refractivity contribution in [3.8, 4) is 0 Å². The Balaban J connectivity index is 1.99. The molecule has 0 aromatic carbocycles. The van der Waals surface area contributed by atoms with Gasteiger partial charge in [0.05, 0.1) is 0 Å². The van der Waals surface area contributed by atoms with E-state index in [2.05, 4.69) is 31.8 Å². The molecule has 1 aliphatic carbocycles. The summed E-state index contributed by atoms with van der Waals surface area (Å²) in [6.45, 7) is 7.10. The van der Waals surface area contributed by atoms with Crippen LogP contribution in [-0.4, -0.2) is 18.8 Å². The van der Waals surface area contributed by atoms with E-state index >= 15 is 0 Å². The molecule has 1 fully saturated rings. The molecule has 0 aromatic heterocycles. The van der Waals surface area contributed by atoms with Crippen LogP contribution in [-0.2, 0) is 0 Å². The molecule has 1 aliphatic rings. The molecule has 90 valence electrons. The molecule has 0 unspecified atom stereocenters. The Hall–Kier alpha value is 0.310. The normalized spacial score (nSPS) is 18.4. The van der Waals surface area contributed by atoms with Gasteiger partial charge >= 0.3 is 0 Å². The van der Waals surface area contributed by atoms with Crippen LogP contribution in [0.25, 0.3) is 0 Å². The van der Waals surface area contributed by atoms with Gasteiger partial charge in [0.1, 0.15) is 0 Å². The van der Waals surface area contributed by atoms with Crippen molar-refractivity contribution in [3.63, 3.8) is 0 Å². The van der Waals surface area contributed by atoms with Gasteiger partial charge in [-0.1, -0.05) is 20.3 Å².